The summed E-state index contributed by atoms with van der Waals surface area (Å²) in [5.74, 6) is 1.12. The fraction of sp³-hybridized carbons (Fsp3) is 0.136. The number of phenolic OH excluding ortho intramolecular Hbond substituents is 1. The molecule has 0 saturated carbocycles. The zero-order chi connectivity index (χ0) is 18.3. The van der Waals surface area contributed by atoms with Crippen LogP contribution in [0, 0.1) is 20.8 Å². The van der Waals surface area contributed by atoms with Gasteiger partial charge in [0.1, 0.15) is 22.9 Å². The number of hydrogen-bond donors (Lipinski definition) is 2. The van der Waals surface area contributed by atoms with Crippen LogP contribution in [-0.4, -0.2) is 14.5 Å². The lowest BCUT2D eigenvalue weighted by Crippen LogP contribution is -1.99. The van der Waals surface area contributed by atoms with Gasteiger partial charge in [-0.25, -0.2) is 4.98 Å². The normalized spacial score (nSPS) is 11.0. The van der Waals surface area contributed by atoms with Gasteiger partial charge in [-0.05, 0) is 56.2 Å². The first-order valence-corrected chi connectivity index (χ1v) is 8.63. The van der Waals surface area contributed by atoms with Crippen LogP contribution < -0.4 is 5.32 Å². The van der Waals surface area contributed by atoms with Crippen molar-refractivity contribution in [1.29, 1.82) is 0 Å². The van der Waals surface area contributed by atoms with Crippen molar-refractivity contribution in [2.24, 2.45) is 0 Å². The van der Waals surface area contributed by atoms with Gasteiger partial charge in [-0.1, -0.05) is 35.9 Å². The highest BCUT2D eigenvalue weighted by molar-refractivity contribution is 5.80. The maximum atomic E-state index is 9.89. The highest BCUT2D eigenvalue weighted by Gasteiger charge is 2.15. The van der Waals surface area contributed by atoms with Gasteiger partial charge in [0.2, 0.25) is 0 Å². The molecule has 4 aromatic rings. The van der Waals surface area contributed by atoms with Gasteiger partial charge >= 0.3 is 0 Å². The Morgan fingerprint density at radius 1 is 0.923 bits per heavy atom. The summed E-state index contributed by atoms with van der Waals surface area (Å²) >= 11 is 0. The molecule has 0 atom stereocenters. The van der Waals surface area contributed by atoms with Gasteiger partial charge in [0.05, 0.1) is 0 Å². The number of nitrogens with zero attached hydrogens (tertiary/aromatic N) is 2. The Hall–Kier alpha value is -3.27. The van der Waals surface area contributed by atoms with E-state index in [1.165, 1.54) is 11.1 Å². The molecule has 0 aliphatic carbocycles. The molecule has 4 rings (SSSR count). The van der Waals surface area contributed by atoms with E-state index >= 15 is 0 Å². The van der Waals surface area contributed by atoms with Crippen molar-refractivity contribution in [1.82, 2.24) is 9.38 Å². The van der Waals surface area contributed by atoms with Gasteiger partial charge in [-0.15, -0.1) is 0 Å². The number of fused-ring (bicyclic) bond motifs is 1. The van der Waals surface area contributed by atoms with Crippen molar-refractivity contribution in [3.8, 4) is 17.0 Å². The van der Waals surface area contributed by atoms with Crippen LogP contribution in [-0.2, 0) is 0 Å². The van der Waals surface area contributed by atoms with E-state index in [9.17, 15) is 5.11 Å². The lowest BCUT2D eigenvalue weighted by molar-refractivity contribution is 0.475. The second-order valence-corrected chi connectivity index (χ2v) is 6.74. The summed E-state index contributed by atoms with van der Waals surface area (Å²) in [5.41, 5.74) is 7.15. The average Bonchev–Trinajstić information content (AvgIpc) is 2.95. The minimum Gasteiger partial charge on any atom is -0.508 e. The molecule has 0 spiro atoms. The Bertz CT molecular complexity index is 1110. The number of anilines is 2. The fourth-order valence-electron chi connectivity index (χ4n) is 3.21. The predicted molar refractivity (Wildman–Crippen MR) is 106 cm³/mol. The summed E-state index contributed by atoms with van der Waals surface area (Å²) in [4.78, 5) is 4.80. The topological polar surface area (TPSA) is 49.6 Å². The Morgan fingerprint density at radius 2 is 1.73 bits per heavy atom. The third kappa shape index (κ3) is 2.90. The first kappa shape index (κ1) is 16.2. The number of aromatic nitrogens is 2. The molecule has 2 aromatic heterocycles. The van der Waals surface area contributed by atoms with Gasteiger partial charge in [0, 0.05) is 17.4 Å². The number of aromatic hydroxyl groups is 1. The molecule has 0 saturated heterocycles. The van der Waals surface area contributed by atoms with Gasteiger partial charge < -0.3 is 10.4 Å². The molecule has 0 amide bonds. The third-order valence-corrected chi connectivity index (χ3v) is 4.52. The molecule has 4 nitrogen and oxygen atoms in total. The summed E-state index contributed by atoms with van der Waals surface area (Å²) < 4.78 is 2.06. The zero-order valence-electron chi connectivity index (χ0n) is 15.1. The molecule has 2 heterocycles. The Labute approximate surface area is 152 Å². The molecule has 26 heavy (non-hydrogen) atoms. The van der Waals surface area contributed by atoms with E-state index in [0.29, 0.717) is 0 Å². The second-order valence-electron chi connectivity index (χ2n) is 6.74. The Kier molecular flexibility index (Phi) is 3.88. The van der Waals surface area contributed by atoms with Gasteiger partial charge in [-0.3, -0.25) is 4.40 Å². The van der Waals surface area contributed by atoms with Crippen molar-refractivity contribution in [2.75, 3.05) is 5.32 Å². The van der Waals surface area contributed by atoms with Crippen LogP contribution in [0.4, 0.5) is 11.5 Å². The maximum Gasteiger partial charge on any atom is 0.143 e. The molecule has 130 valence electrons. The zero-order valence-corrected chi connectivity index (χ0v) is 15.1. The number of hydrogen-bond acceptors (Lipinski definition) is 3. The lowest BCUT2D eigenvalue weighted by atomic mass is 10.1. The standard InChI is InChI=1S/C22H21N3O/c1-14-7-9-19(16(3)11-14)23-22-21(17-5-4-6-18(26)12-17)24-20-10-8-15(2)13-25(20)22/h4-13,23,26H,1-3H3. The van der Waals surface area contributed by atoms with Crippen LogP contribution in [0.5, 0.6) is 5.75 Å². The summed E-state index contributed by atoms with van der Waals surface area (Å²) in [6.45, 7) is 6.25. The highest BCUT2D eigenvalue weighted by Crippen LogP contribution is 2.33. The molecule has 0 aliphatic rings. The van der Waals surface area contributed by atoms with Crippen LogP contribution in [0.2, 0.25) is 0 Å². The molecular weight excluding hydrogens is 322 g/mol. The van der Waals surface area contributed by atoms with E-state index in [4.69, 9.17) is 4.98 Å². The van der Waals surface area contributed by atoms with E-state index in [0.717, 1.165) is 34.0 Å². The second kappa shape index (κ2) is 6.23. The van der Waals surface area contributed by atoms with Crippen LogP contribution in [0.15, 0.2) is 60.8 Å². The number of aryl methyl sites for hydroxylation is 3. The smallest absolute Gasteiger partial charge is 0.143 e. The number of pyridine rings is 1. The lowest BCUT2D eigenvalue weighted by Gasteiger charge is -2.12. The average molecular weight is 343 g/mol. The van der Waals surface area contributed by atoms with E-state index in [2.05, 4.69) is 61.0 Å². The summed E-state index contributed by atoms with van der Waals surface area (Å²) in [6.07, 6.45) is 2.07. The Morgan fingerprint density at radius 3 is 2.50 bits per heavy atom. The van der Waals surface area contributed by atoms with Crippen molar-refractivity contribution in [3.63, 3.8) is 0 Å². The highest BCUT2D eigenvalue weighted by atomic mass is 16.3. The van der Waals surface area contributed by atoms with Crippen LogP contribution in [0.1, 0.15) is 16.7 Å². The molecular formula is C22H21N3O. The van der Waals surface area contributed by atoms with Gasteiger partial charge in [0.15, 0.2) is 0 Å². The van der Waals surface area contributed by atoms with E-state index in [1.807, 2.05) is 18.2 Å². The summed E-state index contributed by atoms with van der Waals surface area (Å²) in [5, 5.41) is 13.4. The van der Waals surface area contributed by atoms with Crippen LogP contribution in [0.3, 0.4) is 0 Å². The molecule has 0 aliphatic heterocycles. The van der Waals surface area contributed by atoms with Gasteiger partial charge in [-0.2, -0.15) is 0 Å². The van der Waals surface area contributed by atoms with Crippen molar-refractivity contribution < 1.29 is 5.11 Å². The minimum absolute atomic E-state index is 0.230. The van der Waals surface area contributed by atoms with Gasteiger partial charge in [0.25, 0.3) is 0 Å². The van der Waals surface area contributed by atoms with Crippen molar-refractivity contribution >= 4 is 17.2 Å². The monoisotopic (exact) mass is 343 g/mol. The molecule has 0 fully saturated rings. The largest absolute Gasteiger partial charge is 0.508 e. The number of rotatable bonds is 3. The maximum absolute atomic E-state index is 9.89. The Balaban J connectivity index is 1.93. The minimum atomic E-state index is 0.230. The van der Waals surface area contributed by atoms with Crippen molar-refractivity contribution in [3.05, 3.63) is 77.5 Å². The van der Waals surface area contributed by atoms with Crippen LogP contribution in [0.25, 0.3) is 16.9 Å². The number of imidazole rings is 1. The number of phenols is 1. The predicted octanol–water partition coefficient (Wildman–Crippen LogP) is 5.38. The quantitative estimate of drug-likeness (QED) is 0.525. The molecule has 4 heteroatoms. The van der Waals surface area contributed by atoms with E-state index < -0.39 is 0 Å². The molecule has 2 N–H and O–H groups in total. The fourth-order valence-corrected chi connectivity index (χ4v) is 3.21. The van der Waals surface area contributed by atoms with E-state index in [1.54, 1.807) is 12.1 Å². The molecule has 0 unspecified atom stereocenters. The number of benzene rings is 2. The van der Waals surface area contributed by atoms with E-state index in [-0.39, 0.29) is 5.75 Å². The number of nitrogens with one attached hydrogen (secondary N) is 1. The van der Waals surface area contributed by atoms with Crippen molar-refractivity contribution in [2.45, 2.75) is 20.8 Å². The molecule has 0 bridgehead atoms. The summed E-state index contributed by atoms with van der Waals surface area (Å²) in [7, 11) is 0. The summed E-state index contributed by atoms with van der Waals surface area (Å²) in [6, 6.07) is 17.6. The first-order valence-electron chi connectivity index (χ1n) is 8.63. The molecule has 0 radical (unpaired) electrons. The first-order chi connectivity index (χ1) is 12.5. The van der Waals surface area contributed by atoms with Crippen LogP contribution >= 0.6 is 0 Å². The molecule has 2 aromatic carbocycles. The SMILES string of the molecule is Cc1ccc(Nc2c(-c3cccc(O)c3)nc3ccc(C)cn23)c(C)c1. The third-order valence-electron chi connectivity index (χ3n) is 4.52.